The average Bonchev–Trinajstić information content (AvgIpc) is 2.39. The van der Waals surface area contributed by atoms with Gasteiger partial charge in [-0.25, -0.2) is 0 Å². The summed E-state index contributed by atoms with van der Waals surface area (Å²) in [7, 11) is 0. The van der Waals surface area contributed by atoms with Gasteiger partial charge in [-0.05, 0) is 13.8 Å². The zero-order valence-electron chi connectivity index (χ0n) is 10.9. The maximum absolute atomic E-state index is 10.8. The first-order chi connectivity index (χ1) is 9.35. The van der Waals surface area contributed by atoms with E-state index in [-0.39, 0.29) is 11.5 Å². The van der Waals surface area contributed by atoms with Crippen LogP contribution in [0.15, 0.2) is 36.8 Å². The summed E-state index contributed by atoms with van der Waals surface area (Å²) in [4.78, 5) is 21.3. The number of hydrogen-bond donors (Lipinski definition) is 3. The second-order valence-electron chi connectivity index (χ2n) is 3.89. The highest BCUT2D eigenvalue weighted by Gasteiger charge is 2.06. The van der Waals surface area contributed by atoms with E-state index in [0.29, 0.717) is 11.5 Å². The van der Waals surface area contributed by atoms with Crippen molar-refractivity contribution in [3.8, 4) is 11.5 Å². The molecule has 0 radical (unpaired) electrons. The molecule has 7 heteroatoms. The lowest BCUT2D eigenvalue weighted by Gasteiger charge is -1.99. The number of aliphatic hydroxyl groups is 1. The first-order valence-corrected chi connectivity index (χ1v) is 5.57. The summed E-state index contributed by atoms with van der Waals surface area (Å²) in [6.45, 7) is 2.74. The molecular formula is C13H14O7. The van der Waals surface area contributed by atoms with Crippen LogP contribution in [0.2, 0.25) is 0 Å². The zero-order chi connectivity index (χ0) is 15.3. The van der Waals surface area contributed by atoms with Crippen molar-refractivity contribution in [2.75, 3.05) is 0 Å². The number of aromatic hydroxyl groups is 2. The number of aryl methyl sites for hydroxylation is 2. The smallest absolute Gasteiger partial charge is 0.227 e. The van der Waals surface area contributed by atoms with Gasteiger partial charge < -0.3 is 24.2 Å². The van der Waals surface area contributed by atoms with E-state index in [1.165, 1.54) is 6.07 Å². The highest BCUT2D eigenvalue weighted by Crippen LogP contribution is 2.11. The fraction of sp³-hybridized carbons (Fsp3) is 0.231. The molecule has 0 amide bonds. The molecular weight excluding hydrogens is 268 g/mol. The number of aliphatic hydroxyl groups excluding tert-OH is 1. The summed E-state index contributed by atoms with van der Waals surface area (Å²) in [6, 6.07) is 2.39. The molecule has 0 bridgehead atoms. The van der Waals surface area contributed by atoms with Gasteiger partial charge in [0.25, 0.3) is 0 Å². The fourth-order valence-corrected chi connectivity index (χ4v) is 1.27. The van der Waals surface area contributed by atoms with Gasteiger partial charge in [0, 0.05) is 12.1 Å². The molecule has 0 aliphatic carbocycles. The van der Waals surface area contributed by atoms with E-state index in [1.807, 2.05) is 0 Å². The molecule has 2 aromatic heterocycles. The second kappa shape index (κ2) is 6.58. The van der Waals surface area contributed by atoms with Crippen LogP contribution in [0.3, 0.4) is 0 Å². The van der Waals surface area contributed by atoms with Crippen LogP contribution < -0.4 is 10.9 Å². The third-order valence-corrected chi connectivity index (χ3v) is 2.20. The van der Waals surface area contributed by atoms with Crippen LogP contribution in [-0.4, -0.2) is 15.3 Å². The minimum absolute atomic E-state index is 0.0880. The van der Waals surface area contributed by atoms with E-state index in [4.69, 9.17) is 19.7 Å². The summed E-state index contributed by atoms with van der Waals surface area (Å²) in [5.41, 5.74) is -0.934. The van der Waals surface area contributed by atoms with Crippen LogP contribution in [0, 0.1) is 13.8 Å². The Kier molecular flexibility index (Phi) is 5.10. The number of hydrogen-bond acceptors (Lipinski definition) is 7. The summed E-state index contributed by atoms with van der Waals surface area (Å²) < 4.78 is 9.53. The molecule has 0 aliphatic heterocycles. The Labute approximate surface area is 113 Å². The highest BCUT2D eigenvalue weighted by atomic mass is 16.4. The van der Waals surface area contributed by atoms with Gasteiger partial charge >= 0.3 is 0 Å². The molecule has 0 aromatic carbocycles. The van der Waals surface area contributed by atoms with Crippen LogP contribution in [0.5, 0.6) is 11.5 Å². The zero-order valence-corrected chi connectivity index (χ0v) is 10.9. The summed E-state index contributed by atoms with van der Waals surface area (Å²) in [6.07, 6.45) is 1.03. The highest BCUT2D eigenvalue weighted by molar-refractivity contribution is 5.23. The fourth-order valence-electron chi connectivity index (χ4n) is 1.27. The van der Waals surface area contributed by atoms with E-state index >= 15 is 0 Å². The molecule has 0 fully saturated rings. The SMILES string of the molecule is Cc1cc(=O)c(O)c(CO)o1.Cc1cc(=O)c(O)co1. The Morgan fingerprint density at radius 1 is 1.05 bits per heavy atom. The van der Waals surface area contributed by atoms with Crippen molar-refractivity contribution in [1.82, 2.24) is 0 Å². The van der Waals surface area contributed by atoms with Gasteiger partial charge in [-0.3, -0.25) is 9.59 Å². The first-order valence-electron chi connectivity index (χ1n) is 5.57. The third-order valence-electron chi connectivity index (χ3n) is 2.20. The standard InChI is InChI=1S/C7H8O4.C6H6O3/c1-4-2-5(9)7(10)6(3-8)11-4;1-4-2-5(7)6(8)3-9-4/h2,8,10H,3H2,1H3;2-3,8H,1H3. The molecule has 0 saturated heterocycles. The van der Waals surface area contributed by atoms with Gasteiger partial charge in [0.1, 0.15) is 24.4 Å². The lowest BCUT2D eigenvalue weighted by atomic mass is 10.3. The Hall–Kier alpha value is -2.54. The Balaban J connectivity index is 0.000000204. The van der Waals surface area contributed by atoms with E-state index in [0.717, 1.165) is 12.3 Å². The molecule has 2 aromatic rings. The van der Waals surface area contributed by atoms with Gasteiger partial charge in [0.2, 0.25) is 16.6 Å². The molecule has 0 spiro atoms. The molecule has 0 unspecified atom stereocenters. The Morgan fingerprint density at radius 2 is 1.65 bits per heavy atom. The molecule has 2 heterocycles. The average molecular weight is 282 g/mol. The largest absolute Gasteiger partial charge is 0.502 e. The lowest BCUT2D eigenvalue weighted by Crippen LogP contribution is -2.02. The van der Waals surface area contributed by atoms with Crippen molar-refractivity contribution in [2.24, 2.45) is 0 Å². The molecule has 108 valence electrons. The molecule has 7 nitrogen and oxygen atoms in total. The van der Waals surface area contributed by atoms with Crippen molar-refractivity contribution in [1.29, 1.82) is 0 Å². The molecule has 20 heavy (non-hydrogen) atoms. The predicted octanol–water partition coefficient (Wildman–Crippen LogP) is 0.800. The van der Waals surface area contributed by atoms with Crippen molar-refractivity contribution in [3.63, 3.8) is 0 Å². The van der Waals surface area contributed by atoms with Crippen LogP contribution in [0.1, 0.15) is 17.3 Å². The molecule has 3 N–H and O–H groups in total. The summed E-state index contributed by atoms with van der Waals surface area (Å²) in [5.74, 6) is -0.0802. The van der Waals surface area contributed by atoms with Gasteiger partial charge in [0.15, 0.2) is 11.5 Å². The lowest BCUT2D eigenvalue weighted by molar-refractivity contribution is 0.229. The van der Waals surface area contributed by atoms with Gasteiger partial charge in [-0.1, -0.05) is 0 Å². The maximum atomic E-state index is 10.8. The second-order valence-corrected chi connectivity index (χ2v) is 3.89. The van der Waals surface area contributed by atoms with E-state index in [2.05, 4.69) is 4.42 Å². The minimum Gasteiger partial charge on any atom is -0.502 e. The topological polar surface area (TPSA) is 121 Å². The van der Waals surface area contributed by atoms with Crippen LogP contribution in [-0.2, 0) is 6.61 Å². The quantitative estimate of drug-likeness (QED) is 0.707. The summed E-state index contributed by atoms with van der Waals surface area (Å²) >= 11 is 0. The Morgan fingerprint density at radius 3 is 2.15 bits per heavy atom. The molecule has 0 aliphatic rings. The van der Waals surface area contributed by atoms with E-state index < -0.39 is 23.2 Å². The van der Waals surface area contributed by atoms with Crippen molar-refractivity contribution < 1.29 is 24.2 Å². The summed E-state index contributed by atoms with van der Waals surface area (Å²) in [5, 5.41) is 26.2. The van der Waals surface area contributed by atoms with Crippen molar-refractivity contribution >= 4 is 0 Å². The first kappa shape index (κ1) is 15.5. The van der Waals surface area contributed by atoms with Crippen LogP contribution in [0.25, 0.3) is 0 Å². The molecule has 0 atom stereocenters. The monoisotopic (exact) mass is 282 g/mol. The van der Waals surface area contributed by atoms with Crippen molar-refractivity contribution in [3.05, 3.63) is 56.1 Å². The predicted molar refractivity (Wildman–Crippen MR) is 68.7 cm³/mol. The van der Waals surface area contributed by atoms with E-state index in [9.17, 15) is 9.59 Å². The number of rotatable bonds is 1. The third kappa shape index (κ3) is 3.99. The van der Waals surface area contributed by atoms with Crippen molar-refractivity contribution in [2.45, 2.75) is 20.5 Å². The van der Waals surface area contributed by atoms with Gasteiger partial charge in [0.05, 0.1) is 0 Å². The van der Waals surface area contributed by atoms with Crippen LogP contribution >= 0.6 is 0 Å². The normalized spacial score (nSPS) is 9.75. The molecule has 0 saturated carbocycles. The van der Waals surface area contributed by atoms with Crippen LogP contribution in [0.4, 0.5) is 0 Å². The van der Waals surface area contributed by atoms with E-state index in [1.54, 1.807) is 13.8 Å². The minimum atomic E-state index is -0.530. The maximum Gasteiger partial charge on any atom is 0.227 e. The van der Waals surface area contributed by atoms with Gasteiger partial charge in [-0.15, -0.1) is 0 Å². The molecule has 2 rings (SSSR count). The van der Waals surface area contributed by atoms with Gasteiger partial charge in [-0.2, -0.15) is 0 Å². The Bertz CT molecular complexity index is 697.